The zero-order chi connectivity index (χ0) is 20.1. The highest BCUT2D eigenvalue weighted by molar-refractivity contribution is 6.30. The first kappa shape index (κ1) is 20.1. The van der Waals surface area contributed by atoms with Crippen molar-refractivity contribution < 1.29 is 14.6 Å². The van der Waals surface area contributed by atoms with Gasteiger partial charge >= 0.3 is 5.97 Å². The summed E-state index contributed by atoms with van der Waals surface area (Å²) >= 11 is 5.83. The number of aryl methyl sites for hydroxylation is 2. The van der Waals surface area contributed by atoms with Crippen molar-refractivity contribution in [2.45, 2.75) is 33.1 Å². The van der Waals surface area contributed by atoms with Crippen molar-refractivity contribution in [3.8, 4) is 5.75 Å². The smallest absolute Gasteiger partial charge is 0.336 e. The molecule has 148 valence electrons. The Kier molecular flexibility index (Phi) is 6.52. The first-order valence-corrected chi connectivity index (χ1v) is 9.71. The molecule has 3 rings (SSSR count). The van der Waals surface area contributed by atoms with Crippen molar-refractivity contribution in [1.29, 1.82) is 0 Å². The second-order valence-electron chi connectivity index (χ2n) is 7.01. The van der Waals surface area contributed by atoms with Crippen molar-refractivity contribution in [2.24, 2.45) is 5.92 Å². The summed E-state index contributed by atoms with van der Waals surface area (Å²) in [6, 6.07) is 3.59. The molecule has 0 bridgehead atoms. The highest BCUT2D eigenvalue weighted by atomic mass is 35.5. The molecule has 2 aromatic rings. The summed E-state index contributed by atoms with van der Waals surface area (Å²) in [5.41, 5.74) is 1.80. The van der Waals surface area contributed by atoms with Crippen LogP contribution in [0.1, 0.15) is 40.7 Å². The number of hydrogen-bond donors (Lipinski definition) is 1. The quantitative estimate of drug-likeness (QED) is 0.681. The number of allylic oxidation sites excluding steroid dienone is 1. The van der Waals surface area contributed by atoms with E-state index in [1.165, 1.54) is 0 Å². The molecule has 1 aromatic heterocycles. The van der Waals surface area contributed by atoms with Crippen LogP contribution in [0.5, 0.6) is 5.75 Å². The van der Waals surface area contributed by atoms with Crippen LogP contribution in [0.25, 0.3) is 0 Å². The van der Waals surface area contributed by atoms with Crippen LogP contribution >= 0.6 is 11.6 Å². The Morgan fingerprint density at radius 3 is 2.54 bits per heavy atom. The number of carboxylic acids is 1. The van der Waals surface area contributed by atoms with Crippen molar-refractivity contribution in [3.05, 3.63) is 58.5 Å². The van der Waals surface area contributed by atoms with E-state index in [4.69, 9.17) is 16.3 Å². The maximum atomic E-state index is 11.3. The van der Waals surface area contributed by atoms with Crippen LogP contribution in [-0.2, 0) is 0 Å². The lowest BCUT2D eigenvalue weighted by atomic mass is 9.97. The summed E-state index contributed by atoms with van der Waals surface area (Å²) < 4.78 is 5.84. The van der Waals surface area contributed by atoms with Crippen molar-refractivity contribution >= 4 is 23.5 Å². The Morgan fingerprint density at radius 2 is 1.96 bits per heavy atom. The van der Waals surface area contributed by atoms with Gasteiger partial charge < -0.3 is 14.7 Å². The van der Waals surface area contributed by atoms with Gasteiger partial charge in [-0.1, -0.05) is 17.7 Å². The standard InChI is InChI=1S/C21H24ClN3O3/c1-14-10-18(11-15(2)19(14)20(26)27)28-9-3-4-16-5-7-25(8-6-16)21-23-12-17(22)13-24-21/h5,7,10-13,16H,3-4,6,8-9H2,1-2H3,(H,26,27). The van der Waals surface area contributed by atoms with E-state index in [0.29, 0.717) is 29.1 Å². The third-order valence-corrected chi connectivity index (χ3v) is 5.05. The number of carbonyl (C=O) groups is 1. The number of rotatable bonds is 7. The van der Waals surface area contributed by atoms with Gasteiger partial charge in [-0.25, -0.2) is 14.8 Å². The molecule has 1 aliphatic heterocycles. The molecule has 2 heterocycles. The normalized spacial score (nSPS) is 16.2. The molecule has 28 heavy (non-hydrogen) atoms. The molecule has 0 fully saturated rings. The lowest BCUT2D eigenvalue weighted by Crippen LogP contribution is -2.25. The molecular formula is C21H24ClN3O3. The maximum Gasteiger partial charge on any atom is 0.336 e. The fraction of sp³-hybridized carbons (Fsp3) is 0.381. The van der Waals surface area contributed by atoms with Gasteiger partial charge in [-0.15, -0.1) is 0 Å². The predicted molar refractivity (Wildman–Crippen MR) is 109 cm³/mol. The molecule has 0 aliphatic carbocycles. The van der Waals surface area contributed by atoms with E-state index in [2.05, 4.69) is 16.0 Å². The Bertz CT molecular complexity index is 845. The Labute approximate surface area is 169 Å². The molecule has 0 amide bonds. The first-order chi connectivity index (χ1) is 13.4. The summed E-state index contributed by atoms with van der Waals surface area (Å²) in [7, 11) is 0. The van der Waals surface area contributed by atoms with Crippen LogP contribution in [0.15, 0.2) is 36.8 Å². The van der Waals surface area contributed by atoms with Crippen LogP contribution in [0.4, 0.5) is 5.95 Å². The zero-order valence-corrected chi connectivity index (χ0v) is 16.8. The van der Waals surface area contributed by atoms with E-state index in [0.717, 1.165) is 42.7 Å². The molecule has 0 radical (unpaired) electrons. The molecule has 0 spiro atoms. The van der Waals surface area contributed by atoms with Crippen LogP contribution < -0.4 is 9.64 Å². The van der Waals surface area contributed by atoms with Crippen molar-refractivity contribution in [3.63, 3.8) is 0 Å². The lowest BCUT2D eigenvalue weighted by molar-refractivity contribution is 0.0695. The molecule has 1 unspecified atom stereocenters. The first-order valence-electron chi connectivity index (χ1n) is 9.34. The summed E-state index contributed by atoms with van der Waals surface area (Å²) in [5.74, 6) is 0.997. The molecule has 0 saturated carbocycles. The van der Waals surface area contributed by atoms with E-state index >= 15 is 0 Å². The number of benzene rings is 1. The third kappa shape index (κ3) is 5.01. The second-order valence-corrected chi connectivity index (χ2v) is 7.45. The summed E-state index contributed by atoms with van der Waals surface area (Å²) in [6.07, 6.45) is 10.4. The molecule has 7 heteroatoms. The molecule has 1 atom stereocenters. The largest absolute Gasteiger partial charge is 0.494 e. The number of aromatic carboxylic acids is 1. The molecule has 1 N–H and O–H groups in total. The number of ether oxygens (including phenoxy) is 1. The molecule has 1 aliphatic rings. The predicted octanol–water partition coefficient (Wildman–Crippen LogP) is 4.64. The van der Waals surface area contributed by atoms with Gasteiger partial charge in [-0.3, -0.25) is 0 Å². The minimum absolute atomic E-state index is 0.355. The third-order valence-electron chi connectivity index (χ3n) is 4.85. The SMILES string of the molecule is Cc1cc(OCCCC2C=CN(c3ncc(Cl)cn3)CC2)cc(C)c1C(=O)O. The number of aromatic nitrogens is 2. The molecule has 1 aromatic carbocycles. The van der Waals surface area contributed by atoms with E-state index in [1.807, 2.05) is 11.1 Å². The van der Waals surface area contributed by atoms with Crippen molar-refractivity contribution in [2.75, 3.05) is 18.1 Å². The second kappa shape index (κ2) is 9.06. The van der Waals surface area contributed by atoms with Gasteiger partial charge in [0.25, 0.3) is 0 Å². The average Bonchev–Trinajstić information content (AvgIpc) is 2.65. The van der Waals surface area contributed by atoms with E-state index < -0.39 is 5.97 Å². The van der Waals surface area contributed by atoms with Gasteiger partial charge in [-0.2, -0.15) is 0 Å². The zero-order valence-electron chi connectivity index (χ0n) is 16.1. The minimum Gasteiger partial charge on any atom is -0.494 e. The lowest BCUT2D eigenvalue weighted by Gasteiger charge is -2.26. The van der Waals surface area contributed by atoms with E-state index in [9.17, 15) is 9.90 Å². The van der Waals surface area contributed by atoms with Gasteiger partial charge in [0.2, 0.25) is 5.95 Å². The van der Waals surface area contributed by atoms with Crippen LogP contribution in [0.2, 0.25) is 5.02 Å². The number of halogens is 1. The monoisotopic (exact) mass is 401 g/mol. The minimum atomic E-state index is -0.899. The Morgan fingerprint density at radius 1 is 1.29 bits per heavy atom. The van der Waals surface area contributed by atoms with Crippen molar-refractivity contribution in [1.82, 2.24) is 9.97 Å². The summed E-state index contributed by atoms with van der Waals surface area (Å²) in [5, 5.41) is 9.77. The van der Waals surface area contributed by atoms with Gasteiger partial charge in [-0.05, 0) is 62.3 Å². The molecular weight excluding hydrogens is 378 g/mol. The highest BCUT2D eigenvalue weighted by Crippen LogP contribution is 2.24. The Balaban J connectivity index is 1.46. The maximum absolute atomic E-state index is 11.3. The number of hydrogen-bond acceptors (Lipinski definition) is 5. The summed E-state index contributed by atoms with van der Waals surface area (Å²) in [4.78, 5) is 21.8. The number of anilines is 1. The van der Waals surface area contributed by atoms with Gasteiger partial charge in [0, 0.05) is 12.7 Å². The number of nitrogens with zero attached hydrogens (tertiary/aromatic N) is 3. The van der Waals surface area contributed by atoms with Gasteiger partial charge in [0.05, 0.1) is 29.6 Å². The molecule has 6 nitrogen and oxygen atoms in total. The van der Waals surface area contributed by atoms with Gasteiger partial charge in [0.1, 0.15) is 5.75 Å². The fourth-order valence-electron chi connectivity index (χ4n) is 3.44. The summed E-state index contributed by atoms with van der Waals surface area (Å²) in [6.45, 7) is 5.08. The van der Waals surface area contributed by atoms with Crippen LogP contribution in [-0.4, -0.2) is 34.2 Å². The topological polar surface area (TPSA) is 75.5 Å². The van der Waals surface area contributed by atoms with E-state index in [1.54, 1.807) is 38.4 Å². The highest BCUT2D eigenvalue weighted by Gasteiger charge is 2.16. The van der Waals surface area contributed by atoms with E-state index in [-0.39, 0.29) is 0 Å². The Hall–Kier alpha value is -2.60. The van der Waals surface area contributed by atoms with Crippen LogP contribution in [0.3, 0.4) is 0 Å². The molecule has 0 saturated heterocycles. The van der Waals surface area contributed by atoms with Gasteiger partial charge in [0.15, 0.2) is 0 Å². The average molecular weight is 402 g/mol. The van der Waals surface area contributed by atoms with Crippen LogP contribution in [0, 0.1) is 19.8 Å². The number of carboxylic acid groups (broad SMARTS) is 1. The fourth-order valence-corrected chi connectivity index (χ4v) is 3.54.